The van der Waals surface area contributed by atoms with Crippen LogP contribution in [0.5, 0.6) is 0 Å². The molecule has 0 bridgehead atoms. The molecule has 2 rings (SSSR count). The molecule has 1 heterocycles. The van der Waals surface area contributed by atoms with Crippen molar-refractivity contribution in [1.29, 1.82) is 0 Å². The molecule has 0 aliphatic heterocycles. The SMILES string of the molecule is Cc1cc(CNCc2ccn(C(C)C)n2)cc(C)c1F. The quantitative estimate of drug-likeness (QED) is 0.905. The second-order valence-corrected chi connectivity index (χ2v) is 5.53. The van der Waals surface area contributed by atoms with Crippen LogP contribution in [0.3, 0.4) is 0 Å². The van der Waals surface area contributed by atoms with Gasteiger partial charge in [0.2, 0.25) is 0 Å². The molecule has 20 heavy (non-hydrogen) atoms. The molecule has 0 atom stereocenters. The van der Waals surface area contributed by atoms with E-state index < -0.39 is 0 Å². The van der Waals surface area contributed by atoms with Crippen molar-refractivity contribution in [2.75, 3.05) is 0 Å². The van der Waals surface area contributed by atoms with E-state index in [0.717, 1.165) is 24.3 Å². The normalized spacial score (nSPS) is 11.3. The van der Waals surface area contributed by atoms with Gasteiger partial charge in [-0.25, -0.2) is 4.39 Å². The number of rotatable bonds is 5. The van der Waals surface area contributed by atoms with E-state index in [2.05, 4.69) is 24.3 Å². The summed E-state index contributed by atoms with van der Waals surface area (Å²) >= 11 is 0. The Kier molecular flexibility index (Phi) is 4.55. The zero-order valence-electron chi connectivity index (χ0n) is 12.6. The van der Waals surface area contributed by atoms with Crippen LogP contribution in [-0.4, -0.2) is 9.78 Å². The summed E-state index contributed by atoms with van der Waals surface area (Å²) in [6, 6.07) is 6.18. The lowest BCUT2D eigenvalue weighted by atomic mass is 10.1. The van der Waals surface area contributed by atoms with Crippen LogP contribution in [-0.2, 0) is 13.1 Å². The molecule has 0 saturated carbocycles. The van der Waals surface area contributed by atoms with Crippen molar-refractivity contribution in [1.82, 2.24) is 15.1 Å². The van der Waals surface area contributed by atoms with E-state index in [9.17, 15) is 4.39 Å². The number of hydrogen-bond donors (Lipinski definition) is 1. The lowest BCUT2D eigenvalue weighted by Gasteiger charge is -2.08. The highest BCUT2D eigenvalue weighted by Crippen LogP contribution is 2.14. The molecule has 108 valence electrons. The fourth-order valence-corrected chi connectivity index (χ4v) is 2.23. The molecule has 0 aliphatic carbocycles. The Morgan fingerprint density at radius 3 is 2.40 bits per heavy atom. The Morgan fingerprint density at radius 1 is 1.20 bits per heavy atom. The lowest BCUT2D eigenvalue weighted by molar-refractivity contribution is 0.521. The molecule has 3 nitrogen and oxygen atoms in total. The number of halogens is 1. The molecule has 0 spiro atoms. The molecule has 1 aromatic carbocycles. The van der Waals surface area contributed by atoms with Crippen molar-refractivity contribution in [3.63, 3.8) is 0 Å². The number of hydrogen-bond acceptors (Lipinski definition) is 2. The topological polar surface area (TPSA) is 29.9 Å². The van der Waals surface area contributed by atoms with E-state index in [4.69, 9.17) is 0 Å². The molecular formula is C16H22FN3. The smallest absolute Gasteiger partial charge is 0.129 e. The second-order valence-electron chi connectivity index (χ2n) is 5.53. The summed E-state index contributed by atoms with van der Waals surface area (Å²) in [6.07, 6.45) is 1.99. The van der Waals surface area contributed by atoms with Crippen LogP contribution in [0.4, 0.5) is 4.39 Å². The number of nitrogens with zero attached hydrogens (tertiary/aromatic N) is 2. The molecule has 4 heteroatoms. The van der Waals surface area contributed by atoms with Crippen LogP contribution in [0.15, 0.2) is 24.4 Å². The largest absolute Gasteiger partial charge is 0.307 e. The molecule has 2 aromatic rings. The summed E-state index contributed by atoms with van der Waals surface area (Å²) in [4.78, 5) is 0. The lowest BCUT2D eigenvalue weighted by Crippen LogP contribution is -2.14. The van der Waals surface area contributed by atoms with Crippen LogP contribution in [0, 0.1) is 19.7 Å². The Bertz CT molecular complexity index is 564. The van der Waals surface area contributed by atoms with Crippen molar-refractivity contribution >= 4 is 0 Å². The summed E-state index contributed by atoms with van der Waals surface area (Å²) in [5, 5.41) is 7.83. The Hall–Kier alpha value is -1.68. The molecule has 0 saturated heterocycles. The summed E-state index contributed by atoms with van der Waals surface area (Å²) < 4.78 is 15.5. The van der Waals surface area contributed by atoms with Crippen LogP contribution in [0.2, 0.25) is 0 Å². The first-order chi connectivity index (χ1) is 9.47. The van der Waals surface area contributed by atoms with Crippen molar-refractivity contribution in [3.05, 3.63) is 52.6 Å². The highest BCUT2D eigenvalue weighted by atomic mass is 19.1. The predicted molar refractivity (Wildman–Crippen MR) is 79.0 cm³/mol. The van der Waals surface area contributed by atoms with Gasteiger partial charge in [-0.05, 0) is 50.5 Å². The van der Waals surface area contributed by atoms with Gasteiger partial charge in [0, 0.05) is 25.3 Å². The minimum atomic E-state index is -0.107. The first-order valence-corrected chi connectivity index (χ1v) is 6.97. The van der Waals surface area contributed by atoms with Gasteiger partial charge in [0.05, 0.1) is 5.69 Å². The molecule has 1 aromatic heterocycles. The third kappa shape index (κ3) is 3.45. The zero-order valence-corrected chi connectivity index (χ0v) is 12.6. The van der Waals surface area contributed by atoms with Crippen LogP contribution >= 0.6 is 0 Å². The standard InChI is InChI=1S/C16H22FN3/c1-11(2)20-6-5-15(19-20)10-18-9-14-7-12(3)16(17)13(4)8-14/h5-8,11,18H,9-10H2,1-4H3. The van der Waals surface area contributed by atoms with E-state index in [0.29, 0.717) is 17.2 Å². The van der Waals surface area contributed by atoms with Crippen LogP contribution in [0.25, 0.3) is 0 Å². The molecule has 0 fully saturated rings. The van der Waals surface area contributed by atoms with E-state index in [-0.39, 0.29) is 5.82 Å². The second kappa shape index (κ2) is 6.18. The number of aromatic nitrogens is 2. The third-order valence-electron chi connectivity index (χ3n) is 3.32. The zero-order chi connectivity index (χ0) is 14.7. The molecule has 0 aliphatic rings. The average molecular weight is 275 g/mol. The third-order valence-corrected chi connectivity index (χ3v) is 3.32. The van der Waals surface area contributed by atoms with Gasteiger partial charge in [-0.2, -0.15) is 5.10 Å². The monoisotopic (exact) mass is 275 g/mol. The molecular weight excluding hydrogens is 253 g/mol. The van der Waals surface area contributed by atoms with Crippen molar-refractivity contribution in [3.8, 4) is 0 Å². The van der Waals surface area contributed by atoms with Gasteiger partial charge in [-0.15, -0.1) is 0 Å². The fourth-order valence-electron chi connectivity index (χ4n) is 2.23. The van der Waals surface area contributed by atoms with Gasteiger partial charge >= 0.3 is 0 Å². The Labute approximate surface area is 119 Å². The van der Waals surface area contributed by atoms with Gasteiger partial charge < -0.3 is 5.32 Å². The molecule has 1 N–H and O–H groups in total. The Morgan fingerprint density at radius 2 is 1.85 bits per heavy atom. The number of benzene rings is 1. The van der Waals surface area contributed by atoms with Gasteiger partial charge in [0.15, 0.2) is 0 Å². The summed E-state index contributed by atoms with van der Waals surface area (Å²) in [7, 11) is 0. The van der Waals surface area contributed by atoms with Crippen molar-refractivity contribution in [2.45, 2.75) is 46.8 Å². The molecule has 0 amide bonds. The number of nitrogens with one attached hydrogen (secondary N) is 1. The van der Waals surface area contributed by atoms with Gasteiger partial charge in [-0.1, -0.05) is 12.1 Å². The van der Waals surface area contributed by atoms with Crippen LogP contribution in [0.1, 0.15) is 42.3 Å². The minimum absolute atomic E-state index is 0.107. The van der Waals surface area contributed by atoms with Crippen molar-refractivity contribution in [2.24, 2.45) is 0 Å². The van der Waals surface area contributed by atoms with Crippen LogP contribution < -0.4 is 5.32 Å². The first-order valence-electron chi connectivity index (χ1n) is 6.97. The van der Waals surface area contributed by atoms with E-state index in [1.807, 2.05) is 29.1 Å². The molecule has 0 radical (unpaired) electrons. The highest BCUT2D eigenvalue weighted by molar-refractivity contribution is 5.30. The maximum Gasteiger partial charge on any atom is 0.129 e. The number of aryl methyl sites for hydroxylation is 2. The maximum atomic E-state index is 13.5. The van der Waals surface area contributed by atoms with Gasteiger partial charge in [0.1, 0.15) is 5.82 Å². The fraction of sp³-hybridized carbons (Fsp3) is 0.438. The minimum Gasteiger partial charge on any atom is -0.307 e. The molecule has 0 unspecified atom stereocenters. The maximum absolute atomic E-state index is 13.5. The summed E-state index contributed by atoms with van der Waals surface area (Å²) in [5.41, 5.74) is 3.52. The first kappa shape index (κ1) is 14.7. The highest BCUT2D eigenvalue weighted by Gasteiger charge is 2.05. The van der Waals surface area contributed by atoms with E-state index in [1.165, 1.54) is 0 Å². The summed E-state index contributed by atoms with van der Waals surface area (Å²) in [6.45, 7) is 9.25. The van der Waals surface area contributed by atoms with Gasteiger partial charge in [-0.3, -0.25) is 4.68 Å². The average Bonchev–Trinajstić information content (AvgIpc) is 2.85. The van der Waals surface area contributed by atoms with E-state index >= 15 is 0 Å². The van der Waals surface area contributed by atoms with E-state index in [1.54, 1.807) is 13.8 Å². The summed E-state index contributed by atoms with van der Waals surface area (Å²) in [5.74, 6) is -0.107. The Balaban J connectivity index is 1.92. The van der Waals surface area contributed by atoms with Crippen molar-refractivity contribution < 1.29 is 4.39 Å². The predicted octanol–water partition coefficient (Wildman–Crippen LogP) is 3.51. The van der Waals surface area contributed by atoms with Gasteiger partial charge in [0.25, 0.3) is 0 Å².